The van der Waals surface area contributed by atoms with E-state index in [-0.39, 0.29) is 0 Å². The summed E-state index contributed by atoms with van der Waals surface area (Å²) in [5.74, 6) is 2.84. The van der Waals surface area contributed by atoms with Gasteiger partial charge in [-0.05, 0) is 103 Å². The Morgan fingerprint density at radius 2 is 0.540 bits per heavy atom. The quantitative estimate of drug-likeness (QED) is 0.0419. The number of unbranched alkanes of at least 4 members (excludes halogenated alkanes) is 24. The number of hydrogen-bond acceptors (Lipinski definition) is 3. The standard InChI is InChI=1S/C60H90O3/c1-4-7-10-13-16-19-24-29-46-61-58-44-42-55(43-45-58)54-38-34-52(35-39-54)32-27-22-23-28-33-53-36-40-56(41-37-53)57-49-59(62-47-30-25-20-17-14-11-8-5-2)51-60(50-57)63-48-31-26-21-18-15-12-9-6-3/h34-45,49-51H,4-33,46-48H2,1-3H3. The fourth-order valence-corrected chi connectivity index (χ4v) is 8.67. The third-order valence-corrected chi connectivity index (χ3v) is 12.8. The van der Waals surface area contributed by atoms with Crippen LogP contribution in [0.25, 0.3) is 22.3 Å². The molecule has 0 bridgehead atoms. The molecule has 0 unspecified atom stereocenters. The van der Waals surface area contributed by atoms with Crippen LogP contribution in [0.15, 0.2) is 91.0 Å². The molecule has 0 saturated carbocycles. The van der Waals surface area contributed by atoms with Gasteiger partial charge in [0.2, 0.25) is 0 Å². The highest BCUT2D eigenvalue weighted by Gasteiger charge is 2.08. The van der Waals surface area contributed by atoms with E-state index in [1.807, 2.05) is 0 Å². The fraction of sp³-hybridized carbons (Fsp3) is 0.600. The minimum atomic E-state index is 0.770. The van der Waals surface area contributed by atoms with Crippen LogP contribution in [0.2, 0.25) is 0 Å². The molecular formula is C60H90O3. The second-order valence-electron chi connectivity index (χ2n) is 18.5. The van der Waals surface area contributed by atoms with Crippen molar-refractivity contribution in [2.24, 2.45) is 0 Å². The molecule has 4 aromatic carbocycles. The van der Waals surface area contributed by atoms with Crippen molar-refractivity contribution >= 4 is 0 Å². The zero-order chi connectivity index (χ0) is 44.3. The van der Waals surface area contributed by atoms with E-state index in [0.29, 0.717) is 0 Å². The van der Waals surface area contributed by atoms with Gasteiger partial charge >= 0.3 is 0 Å². The van der Waals surface area contributed by atoms with Gasteiger partial charge in [0.25, 0.3) is 0 Å². The summed E-state index contributed by atoms with van der Waals surface area (Å²) < 4.78 is 18.7. The molecule has 0 aliphatic heterocycles. The number of ether oxygens (including phenoxy) is 3. The normalized spacial score (nSPS) is 11.3. The molecular weight excluding hydrogens is 769 g/mol. The van der Waals surface area contributed by atoms with E-state index in [0.717, 1.165) is 69.2 Å². The topological polar surface area (TPSA) is 27.7 Å². The molecule has 0 spiro atoms. The van der Waals surface area contributed by atoms with E-state index in [2.05, 4.69) is 112 Å². The average molecular weight is 859 g/mol. The third kappa shape index (κ3) is 23.7. The lowest BCUT2D eigenvalue weighted by molar-refractivity contribution is 0.290. The molecule has 3 nitrogen and oxygen atoms in total. The third-order valence-electron chi connectivity index (χ3n) is 12.8. The first-order chi connectivity index (χ1) is 31.2. The molecule has 0 heterocycles. The van der Waals surface area contributed by atoms with Crippen molar-refractivity contribution in [2.75, 3.05) is 19.8 Å². The van der Waals surface area contributed by atoms with Crippen LogP contribution in [0.5, 0.6) is 17.2 Å². The number of hydrogen-bond donors (Lipinski definition) is 0. The highest BCUT2D eigenvalue weighted by atomic mass is 16.5. The Bertz CT molecular complexity index is 1620. The van der Waals surface area contributed by atoms with E-state index in [4.69, 9.17) is 14.2 Å². The van der Waals surface area contributed by atoms with Crippen molar-refractivity contribution in [1.82, 2.24) is 0 Å². The maximum atomic E-state index is 6.35. The van der Waals surface area contributed by atoms with Crippen LogP contribution in [0.3, 0.4) is 0 Å². The Labute approximate surface area is 387 Å². The van der Waals surface area contributed by atoms with E-state index >= 15 is 0 Å². The number of aryl methyl sites for hydroxylation is 2. The van der Waals surface area contributed by atoms with Crippen LogP contribution in [-0.4, -0.2) is 19.8 Å². The molecule has 0 aromatic heterocycles. The highest BCUT2D eigenvalue weighted by molar-refractivity contribution is 5.68. The minimum absolute atomic E-state index is 0.770. The van der Waals surface area contributed by atoms with Crippen molar-refractivity contribution in [3.05, 3.63) is 102 Å². The largest absolute Gasteiger partial charge is 0.494 e. The van der Waals surface area contributed by atoms with Gasteiger partial charge < -0.3 is 14.2 Å². The Morgan fingerprint density at radius 3 is 0.905 bits per heavy atom. The van der Waals surface area contributed by atoms with Crippen LogP contribution < -0.4 is 14.2 Å². The van der Waals surface area contributed by atoms with Gasteiger partial charge in [-0.1, -0.05) is 229 Å². The molecule has 4 aromatic rings. The first kappa shape index (κ1) is 51.9. The monoisotopic (exact) mass is 859 g/mol. The maximum Gasteiger partial charge on any atom is 0.123 e. The average Bonchev–Trinajstić information content (AvgIpc) is 3.31. The molecule has 0 atom stereocenters. The zero-order valence-corrected chi connectivity index (χ0v) is 40.7. The van der Waals surface area contributed by atoms with Crippen LogP contribution in [0.1, 0.15) is 212 Å². The molecule has 63 heavy (non-hydrogen) atoms. The summed E-state index contributed by atoms with van der Waals surface area (Å²) in [5.41, 5.74) is 7.80. The van der Waals surface area contributed by atoms with E-state index < -0.39 is 0 Å². The van der Waals surface area contributed by atoms with Gasteiger partial charge in [-0.25, -0.2) is 0 Å². The molecule has 3 heteroatoms. The molecule has 0 N–H and O–H groups in total. The summed E-state index contributed by atoms with van der Waals surface area (Å²) in [6, 6.07) is 33.6. The van der Waals surface area contributed by atoms with Gasteiger partial charge in [0.05, 0.1) is 19.8 Å². The van der Waals surface area contributed by atoms with Crippen molar-refractivity contribution in [2.45, 2.75) is 213 Å². The van der Waals surface area contributed by atoms with Crippen LogP contribution in [-0.2, 0) is 12.8 Å². The first-order valence-corrected chi connectivity index (χ1v) is 26.5. The first-order valence-electron chi connectivity index (χ1n) is 26.5. The molecule has 0 fully saturated rings. The van der Waals surface area contributed by atoms with Gasteiger partial charge in [0, 0.05) is 6.07 Å². The zero-order valence-electron chi connectivity index (χ0n) is 40.7. The summed E-state index contributed by atoms with van der Waals surface area (Å²) in [4.78, 5) is 0. The predicted molar refractivity (Wildman–Crippen MR) is 274 cm³/mol. The summed E-state index contributed by atoms with van der Waals surface area (Å²) in [5, 5.41) is 0. The Hall–Kier alpha value is -3.72. The Balaban J connectivity index is 1.14. The SMILES string of the molecule is CCCCCCCCCCOc1ccc(-c2ccc(CCCCCCc3ccc(-c4cc(OCCCCCCCCCC)cc(OCCCCCCCCCC)c4)cc3)cc2)cc1. The predicted octanol–water partition coefficient (Wildman–Crippen LogP) is 18.9. The van der Waals surface area contributed by atoms with Gasteiger partial charge in [0.15, 0.2) is 0 Å². The number of benzene rings is 4. The molecule has 0 saturated heterocycles. The van der Waals surface area contributed by atoms with Gasteiger partial charge in [0.1, 0.15) is 17.2 Å². The van der Waals surface area contributed by atoms with E-state index in [9.17, 15) is 0 Å². The van der Waals surface area contributed by atoms with Crippen LogP contribution in [0.4, 0.5) is 0 Å². The molecule has 0 radical (unpaired) electrons. The lowest BCUT2D eigenvalue weighted by atomic mass is 9.99. The molecule has 0 aliphatic rings. The molecule has 0 aliphatic carbocycles. The molecule has 4 rings (SSSR count). The molecule has 0 amide bonds. The van der Waals surface area contributed by atoms with Crippen molar-refractivity contribution in [1.29, 1.82) is 0 Å². The van der Waals surface area contributed by atoms with Crippen molar-refractivity contribution in [3.8, 4) is 39.5 Å². The second kappa shape index (κ2) is 34.7. The summed E-state index contributed by atoms with van der Waals surface area (Å²) >= 11 is 0. The smallest absolute Gasteiger partial charge is 0.123 e. The van der Waals surface area contributed by atoms with Crippen LogP contribution in [0, 0.1) is 0 Å². The van der Waals surface area contributed by atoms with Crippen LogP contribution >= 0.6 is 0 Å². The Morgan fingerprint density at radius 1 is 0.254 bits per heavy atom. The lowest BCUT2D eigenvalue weighted by Crippen LogP contribution is -2.01. The van der Waals surface area contributed by atoms with E-state index in [1.54, 1.807) is 0 Å². The fourth-order valence-electron chi connectivity index (χ4n) is 8.67. The summed E-state index contributed by atoms with van der Waals surface area (Å²) in [6.07, 6.45) is 38.8. The second-order valence-corrected chi connectivity index (χ2v) is 18.5. The van der Waals surface area contributed by atoms with Crippen molar-refractivity contribution in [3.63, 3.8) is 0 Å². The van der Waals surface area contributed by atoms with Gasteiger partial charge in [-0.3, -0.25) is 0 Å². The minimum Gasteiger partial charge on any atom is -0.494 e. The van der Waals surface area contributed by atoms with E-state index in [1.165, 1.54) is 194 Å². The number of rotatable bonds is 39. The highest BCUT2D eigenvalue weighted by Crippen LogP contribution is 2.31. The van der Waals surface area contributed by atoms with Gasteiger partial charge in [-0.15, -0.1) is 0 Å². The summed E-state index contributed by atoms with van der Waals surface area (Å²) in [7, 11) is 0. The lowest BCUT2D eigenvalue weighted by Gasteiger charge is -2.13. The van der Waals surface area contributed by atoms with Gasteiger partial charge in [-0.2, -0.15) is 0 Å². The summed E-state index contributed by atoms with van der Waals surface area (Å²) in [6.45, 7) is 9.21. The molecule has 348 valence electrons. The Kier molecular flexibility index (Phi) is 28.6. The van der Waals surface area contributed by atoms with Crippen molar-refractivity contribution < 1.29 is 14.2 Å². The maximum absolute atomic E-state index is 6.35.